The van der Waals surface area contributed by atoms with E-state index in [0.717, 1.165) is 25.8 Å². The molecule has 1 atom stereocenters. The van der Waals surface area contributed by atoms with Crippen molar-refractivity contribution in [1.82, 2.24) is 5.32 Å². The Balaban J connectivity index is 3.39. The van der Waals surface area contributed by atoms with Gasteiger partial charge in [0.15, 0.2) is 0 Å². The second-order valence-corrected chi connectivity index (χ2v) is 2.42. The highest BCUT2D eigenvalue weighted by Gasteiger charge is 2.00. The van der Waals surface area contributed by atoms with Crippen molar-refractivity contribution in [3.63, 3.8) is 0 Å². The molecule has 0 aliphatic carbocycles. The molecule has 0 saturated heterocycles. The fourth-order valence-corrected chi connectivity index (χ4v) is 0.852. The van der Waals surface area contributed by atoms with Gasteiger partial charge in [0.1, 0.15) is 0 Å². The molecule has 11 heavy (non-hydrogen) atoms. The molecule has 0 spiro atoms. The molecule has 0 radical (unpaired) electrons. The molecular weight excluding hydrogens is 134 g/mol. The van der Waals surface area contributed by atoms with E-state index in [1.807, 2.05) is 0 Å². The molecule has 0 amide bonds. The van der Waals surface area contributed by atoms with Crippen LogP contribution >= 0.6 is 0 Å². The number of rotatable bonds is 5. The fraction of sp³-hybridized carbons (Fsp3) is 0.600. The molecule has 0 aromatic rings. The Labute approximate surface area is 69.6 Å². The zero-order valence-corrected chi connectivity index (χ0v) is 7.06. The molecule has 1 heteroatoms. The summed E-state index contributed by atoms with van der Waals surface area (Å²) in [7, 11) is 0. The minimum atomic E-state index is 0.438. The van der Waals surface area contributed by atoms with Gasteiger partial charge in [0.25, 0.3) is 0 Å². The van der Waals surface area contributed by atoms with Gasteiger partial charge in [-0.2, -0.15) is 0 Å². The van der Waals surface area contributed by atoms with Crippen molar-refractivity contribution in [3.05, 3.63) is 0 Å². The maximum atomic E-state index is 5.18. The molecule has 0 heterocycles. The molecule has 0 fully saturated rings. The first kappa shape index (κ1) is 10.1. The molecule has 0 bridgehead atoms. The van der Waals surface area contributed by atoms with Crippen molar-refractivity contribution in [2.24, 2.45) is 0 Å². The van der Waals surface area contributed by atoms with Gasteiger partial charge in [-0.25, -0.2) is 0 Å². The van der Waals surface area contributed by atoms with Gasteiger partial charge in [0.2, 0.25) is 0 Å². The van der Waals surface area contributed by atoms with E-state index in [1.165, 1.54) is 0 Å². The van der Waals surface area contributed by atoms with E-state index in [2.05, 4.69) is 24.1 Å². The Morgan fingerprint density at radius 1 is 1.36 bits per heavy atom. The predicted molar refractivity (Wildman–Crippen MR) is 49.0 cm³/mol. The van der Waals surface area contributed by atoms with Crippen LogP contribution in [-0.2, 0) is 0 Å². The second-order valence-electron chi connectivity index (χ2n) is 2.42. The lowest BCUT2D eigenvalue weighted by molar-refractivity contribution is 0.515. The summed E-state index contributed by atoms with van der Waals surface area (Å²) >= 11 is 0. The molecule has 1 nitrogen and oxygen atoms in total. The molecule has 1 N–H and O–H groups in total. The third kappa shape index (κ3) is 5.52. The molecule has 60 valence electrons. The minimum absolute atomic E-state index is 0.438. The van der Waals surface area contributed by atoms with Crippen molar-refractivity contribution in [1.29, 1.82) is 0 Å². The normalized spacial score (nSPS) is 11.5. The lowest BCUT2D eigenvalue weighted by Crippen LogP contribution is -2.28. The molecule has 0 aromatic carbocycles. The smallest absolute Gasteiger partial charge is 0.0240 e. The number of hydrogen-bond donors (Lipinski definition) is 1. The van der Waals surface area contributed by atoms with Crippen LogP contribution in [0.4, 0.5) is 0 Å². The maximum Gasteiger partial charge on any atom is 0.0240 e. The van der Waals surface area contributed by atoms with Crippen LogP contribution in [0.15, 0.2) is 0 Å². The Kier molecular flexibility index (Phi) is 6.59. The van der Waals surface area contributed by atoms with Crippen LogP contribution < -0.4 is 5.32 Å². The summed E-state index contributed by atoms with van der Waals surface area (Å²) in [5.41, 5.74) is 0. The fourth-order valence-electron chi connectivity index (χ4n) is 0.852. The summed E-state index contributed by atoms with van der Waals surface area (Å²) in [4.78, 5) is 0. The summed E-state index contributed by atoms with van der Waals surface area (Å²) in [5, 5.41) is 3.29. The largest absolute Gasteiger partial charge is 0.312 e. The zero-order valence-electron chi connectivity index (χ0n) is 7.06. The van der Waals surface area contributed by atoms with E-state index >= 15 is 0 Å². The average Bonchev–Trinajstić information content (AvgIpc) is 2.03. The summed E-state index contributed by atoms with van der Waals surface area (Å²) in [5.74, 6) is 5.21. The van der Waals surface area contributed by atoms with Gasteiger partial charge < -0.3 is 5.32 Å². The molecule has 0 saturated carbocycles. The van der Waals surface area contributed by atoms with Crippen LogP contribution in [0.5, 0.6) is 0 Å². The van der Waals surface area contributed by atoms with Crippen molar-refractivity contribution in [3.8, 4) is 24.7 Å². The summed E-state index contributed by atoms with van der Waals surface area (Å²) in [6, 6.07) is 0.438. The van der Waals surface area contributed by atoms with Crippen LogP contribution in [0.2, 0.25) is 0 Å². The number of nitrogens with one attached hydrogen (secondary N) is 1. The Hall–Kier alpha value is -0.920. The van der Waals surface area contributed by atoms with Crippen LogP contribution in [0.25, 0.3) is 0 Å². The second kappa shape index (κ2) is 7.19. The van der Waals surface area contributed by atoms with Gasteiger partial charge in [-0.15, -0.1) is 24.7 Å². The van der Waals surface area contributed by atoms with E-state index in [4.69, 9.17) is 12.8 Å². The quantitative estimate of drug-likeness (QED) is 0.460. The SMILES string of the molecule is C#CCCNC(CC)CC#C. The first-order valence-electron chi connectivity index (χ1n) is 3.95. The first-order chi connectivity index (χ1) is 5.35. The van der Waals surface area contributed by atoms with Crippen molar-refractivity contribution in [2.75, 3.05) is 6.54 Å². The van der Waals surface area contributed by atoms with Gasteiger partial charge in [-0.1, -0.05) is 6.92 Å². The standard InChI is InChI=1S/C10H15N/c1-4-7-9-11-10(6-3)8-5-2/h1-2,10-11H,6-9H2,3H3. The van der Waals surface area contributed by atoms with Gasteiger partial charge in [0, 0.05) is 25.4 Å². The number of terminal acetylenes is 2. The Morgan fingerprint density at radius 2 is 2.09 bits per heavy atom. The monoisotopic (exact) mass is 149 g/mol. The lowest BCUT2D eigenvalue weighted by Gasteiger charge is -2.12. The summed E-state index contributed by atoms with van der Waals surface area (Å²) in [6.07, 6.45) is 12.9. The first-order valence-corrected chi connectivity index (χ1v) is 3.95. The highest BCUT2D eigenvalue weighted by molar-refractivity contribution is 4.90. The molecule has 0 aliphatic heterocycles. The predicted octanol–water partition coefficient (Wildman–Crippen LogP) is 1.40. The molecule has 0 aromatic heterocycles. The average molecular weight is 149 g/mol. The van der Waals surface area contributed by atoms with Crippen molar-refractivity contribution >= 4 is 0 Å². The van der Waals surface area contributed by atoms with E-state index in [1.54, 1.807) is 0 Å². The van der Waals surface area contributed by atoms with Crippen LogP contribution in [0, 0.1) is 24.7 Å². The minimum Gasteiger partial charge on any atom is -0.312 e. The molecule has 0 rings (SSSR count). The van der Waals surface area contributed by atoms with E-state index < -0.39 is 0 Å². The highest BCUT2D eigenvalue weighted by Crippen LogP contribution is 1.95. The molecule has 0 aliphatic rings. The Bertz CT molecular complexity index is 159. The zero-order chi connectivity index (χ0) is 8.53. The lowest BCUT2D eigenvalue weighted by atomic mass is 10.1. The van der Waals surface area contributed by atoms with Gasteiger partial charge in [-0.3, -0.25) is 0 Å². The van der Waals surface area contributed by atoms with Crippen LogP contribution in [0.3, 0.4) is 0 Å². The summed E-state index contributed by atoms with van der Waals surface area (Å²) < 4.78 is 0. The van der Waals surface area contributed by atoms with Crippen molar-refractivity contribution in [2.45, 2.75) is 32.2 Å². The van der Waals surface area contributed by atoms with Gasteiger partial charge >= 0.3 is 0 Å². The van der Waals surface area contributed by atoms with E-state index in [9.17, 15) is 0 Å². The Morgan fingerprint density at radius 3 is 2.55 bits per heavy atom. The van der Waals surface area contributed by atoms with Crippen molar-refractivity contribution < 1.29 is 0 Å². The molecule has 1 unspecified atom stereocenters. The molecular formula is C10H15N. The van der Waals surface area contributed by atoms with Crippen LogP contribution in [0.1, 0.15) is 26.2 Å². The topological polar surface area (TPSA) is 12.0 Å². The van der Waals surface area contributed by atoms with E-state index in [0.29, 0.717) is 6.04 Å². The third-order valence-electron chi connectivity index (χ3n) is 1.56. The highest BCUT2D eigenvalue weighted by atomic mass is 14.9. The maximum absolute atomic E-state index is 5.18. The summed E-state index contributed by atoms with van der Waals surface area (Å²) in [6.45, 7) is 2.99. The van der Waals surface area contributed by atoms with Gasteiger partial charge in [-0.05, 0) is 6.42 Å². The van der Waals surface area contributed by atoms with Crippen LogP contribution in [-0.4, -0.2) is 12.6 Å². The van der Waals surface area contributed by atoms with E-state index in [-0.39, 0.29) is 0 Å². The number of hydrogen-bond acceptors (Lipinski definition) is 1. The third-order valence-corrected chi connectivity index (χ3v) is 1.56. The van der Waals surface area contributed by atoms with Gasteiger partial charge in [0.05, 0.1) is 0 Å².